The van der Waals surface area contributed by atoms with E-state index in [1.165, 1.54) is 0 Å². The molecule has 0 aliphatic rings. The van der Waals surface area contributed by atoms with Gasteiger partial charge in [0.15, 0.2) is 0 Å². The molecule has 17 heavy (non-hydrogen) atoms. The molecule has 0 radical (unpaired) electrons. The average molecular weight is 240 g/mol. The van der Waals surface area contributed by atoms with Crippen molar-refractivity contribution in [2.24, 2.45) is 11.3 Å². The number of hydrogen-bond donors (Lipinski definition) is 1. The fourth-order valence-electron chi connectivity index (χ4n) is 1.93. The smallest absolute Gasteiger partial charge is 0.0163 e. The van der Waals surface area contributed by atoms with Crippen molar-refractivity contribution >= 4 is 0 Å². The van der Waals surface area contributed by atoms with E-state index in [-0.39, 0.29) is 0 Å². The number of hydrogen-bond acceptors (Lipinski definition) is 2. The molecule has 0 saturated heterocycles. The molecule has 102 valence electrons. The highest BCUT2D eigenvalue weighted by atomic mass is 15.1. The predicted molar refractivity (Wildman–Crippen MR) is 78.4 cm³/mol. The van der Waals surface area contributed by atoms with Crippen LogP contribution in [0.5, 0.6) is 0 Å². The monoisotopic (exact) mass is 240 g/mol. The van der Waals surface area contributed by atoms with Gasteiger partial charge >= 0.3 is 0 Å². The number of rotatable bonds is 9. The minimum Gasteiger partial charge on any atom is -0.316 e. The molecule has 0 aromatic heterocycles. The maximum atomic E-state index is 3.84. The van der Waals surface area contributed by atoms with Crippen LogP contribution < -0.4 is 5.32 Å². The molecule has 0 spiro atoms. The summed E-state index contributed by atoms with van der Waals surface area (Å²) in [5.41, 5.74) is 0.308. The van der Waals surface area contributed by atoms with Crippen LogP contribution in [0.25, 0.3) is 0 Å². The molecular weight excluding hydrogens is 208 g/mol. The van der Waals surface area contributed by atoms with E-state index in [0.29, 0.717) is 11.5 Å². The third-order valence-electron chi connectivity index (χ3n) is 2.88. The Morgan fingerprint density at radius 1 is 1.24 bits per heavy atom. The van der Waals surface area contributed by atoms with Crippen LogP contribution in [0.15, 0.2) is 12.7 Å². The van der Waals surface area contributed by atoms with Crippen LogP contribution in [-0.4, -0.2) is 37.1 Å². The highest BCUT2D eigenvalue weighted by Crippen LogP contribution is 2.17. The Morgan fingerprint density at radius 3 is 2.24 bits per heavy atom. The summed E-state index contributed by atoms with van der Waals surface area (Å²) in [7, 11) is 0. The summed E-state index contributed by atoms with van der Waals surface area (Å²) in [5, 5.41) is 3.56. The van der Waals surface area contributed by atoms with E-state index >= 15 is 0 Å². The molecule has 0 unspecified atom stereocenters. The van der Waals surface area contributed by atoms with Crippen molar-refractivity contribution in [3.63, 3.8) is 0 Å². The van der Waals surface area contributed by atoms with Gasteiger partial charge in [0.2, 0.25) is 0 Å². The molecule has 0 aromatic rings. The lowest BCUT2D eigenvalue weighted by Gasteiger charge is -2.35. The molecule has 0 aromatic carbocycles. The quantitative estimate of drug-likeness (QED) is 0.623. The first kappa shape index (κ1) is 16.7. The molecule has 0 aliphatic heterocycles. The normalized spacial score (nSPS) is 12.8. The first-order valence-corrected chi connectivity index (χ1v) is 6.84. The molecule has 2 nitrogen and oxygen atoms in total. The van der Waals surface area contributed by atoms with Gasteiger partial charge in [-0.1, -0.05) is 33.8 Å². The summed E-state index contributed by atoms with van der Waals surface area (Å²) in [6.07, 6.45) is 2.00. The topological polar surface area (TPSA) is 15.3 Å². The van der Waals surface area contributed by atoms with Crippen LogP contribution in [-0.2, 0) is 0 Å². The Bertz CT molecular complexity index is 207. The van der Waals surface area contributed by atoms with Crippen LogP contribution in [0, 0.1) is 11.3 Å². The van der Waals surface area contributed by atoms with Crippen molar-refractivity contribution in [2.45, 2.75) is 47.6 Å². The van der Waals surface area contributed by atoms with Gasteiger partial charge in [0.1, 0.15) is 0 Å². The Balaban J connectivity index is 4.14. The Hall–Kier alpha value is -0.340. The molecule has 0 saturated carbocycles. The Morgan fingerprint density at radius 2 is 1.82 bits per heavy atom. The van der Waals surface area contributed by atoms with Crippen molar-refractivity contribution in [1.29, 1.82) is 0 Å². The van der Waals surface area contributed by atoms with Crippen LogP contribution in [0.4, 0.5) is 0 Å². The Kier molecular flexibility index (Phi) is 7.73. The van der Waals surface area contributed by atoms with Crippen molar-refractivity contribution in [1.82, 2.24) is 10.2 Å². The van der Waals surface area contributed by atoms with Gasteiger partial charge in [-0.05, 0) is 31.7 Å². The third-order valence-corrected chi connectivity index (χ3v) is 2.88. The van der Waals surface area contributed by atoms with Crippen molar-refractivity contribution in [3.05, 3.63) is 12.7 Å². The van der Waals surface area contributed by atoms with E-state index in [0.717, 1.165) is 32.1 Å². The molecule has 0 bridgehead atoms. The van der Waals surface area contributed by atoms with Gasteiger partial charge < -0.3 is 5.32 Å². The van der Waals surface area contributed by atoms with E-state index < -0.39 is 0 Å². The fraction of sp³-hybridized carbons (Fsp3) is 0.867. The highest BCUT2D eigenvalue weighted by molar-refractivity contribution is 4.82. The molecule has 1 N–H and O–H groups in total. The maximum absolute atomic E-state index is 3.84. The molecule has 0 heterocycles. The summed E-state index contributed by atoms with van der Waals surface area (Å²) in [6.45, 7) is 21.8. The van der Waals surface area contributed by atoms with Crippen molar-refractivity contribution in [2.75, 3.05) is 26.2 Å². The van der Waals surface area contributed by atoms with E-state index in [1.807, 2.05) is 6.08 Å². The van der Waals surface area contributed by atoms with Gasteiger partial charge in [-0.2, -0.15) is 0 Å². The third kappa shape index (κ3) is 8.39. The second-order valence-corrected chi connectivity index (χ2v) is 6.50. The van der Waals surface area contributed by atoms with E-state index in [2.05, 4.69) is 58.3 Å². The zero-order chi connectivity index (χ0) is 13.5. The van der Waals surface area contributed by atoms with Crippen LogP contribution in [0.1, 0.15) is 41.5 Å². The summed E-state index contributed by atoms with van der Waals surface area (Å²) < 4.78 is 0. The lowest BCUT2D eigenvalue weighted by Crippen LogP contribution is -2.43. The van der Waals surface area contributed by atoms with Crippen LogP contribution in [0.3, 0.4) is 0 Å². The minimum absolute atomic E-state index is 0.308. The lowest BCUT2D eigenvalue weighted by molar-refractivity contribution is 0.156. The summed E-state index contributed by atoms with van der Waals surface area (Å²) in [6, 6.07) is 0.581. The number of nitrogens with zero attached hydrogens (tertiary/aromatic N) is 1. The maximum Gasteiger partial charge on any atom is 0.0163 e. The largest absolute Gasteiger partial charge is 0.316 e. The predicted octanol–water partition coefficient (Wildman–Crippen LogP) is 3.15. The average Bonchev–Trinajstić information content (AvgIpc) is 2.15. The van der Waals surface area contributed by atoms with Crippen molar-refractivity contribution < 1.29 is 0 Å². The zero-order valence-electron chi connectivity index (χ0n) is 12.7. The Labute approximate surface area is 108 Å². The standard InChI is InChI=1S/C15H32N2/c1-8-9-17(14(4)5)12-15(6,7)11-16-10-13(2)3/h8,13-14,16H,1,9-12H2,2-7H3. The fourth-order valence-corrected chi connectivity index (χ4v) is 1.93. The molecule has 0 aliphatic carbocycles. The van der Waals surface area contributed by atoms with Gasteiger partial charge in [0.05, 0.1) is 0 Å². The van der Waals surface area contributed by atoms with Crippen LogP contribution in [0.2, 0.25) is 0 Å². The van der Waals surface area contributed by atoms with Gasteiger partial charge in [0.25, 0.3) is 0 Å². The van der Waals surface area contributed by atoms with Gasteiger partial charge in [-0.15, -0.1) is 6.58 Å². The van der Waals surface area contributed by atoms with Gasteiger partial charge in [-0.3, -0.25) is 4.90 Å². The first-order chi connectivity index (χ1) is 7.78. The molecular formula is C15H32N2. The highest BCUT2D eigenvalue weighted by Gasteiger charge is 2.22. The van der Waals surface area contributed by atoms with Gasteiger partial charge in [0, 0.05) is 25.7 Å². The summed E-state index contributed by atoms with van der Waals surface area (Å²) in [4.78, 5) is 2.48. The molecule has 0 amide bonds. The zero-order valence-corrected chi connectivity index (χ0v) is 12.7. The molecule has 0 rings (SSSR count). The van der Waals surface area contributed by atoms with E-state index in [9.17, 15) is 0 Å². The summed E-state index contributed by atoms with van der Waals surface area (Å²) >= 11 is 0. The van der Waals surface area contributed by atoms with Crippen LogP contribution >= 0.6 is 0 Å². The van der Waals surface area contributed by atoms with E-state index in [4.69, 9.17) is 0 Å². The molecule has 0 fully saturated rings. The minimum atomic E-state index is 0.308. The second kappa shape index (κ2) is 7.88. The van der Waals surface area contributed by atoms with E-state index in [1.54, 1.807) is 0 Å². The van der Waals surface area contributed by atoms with Crippen molar-refractivity contribution in [3.8, 4) is 0 Å². The molecule has 0 atom stereocenters. The molecule has 2 heteroatoms. The number of nitrogens with one attached hydrogen (secondary N) is 1. The summed E-state index contributed by atoms with van der Waals surface area (Å²) in [5.74, 6) is 0.722. The SMILES string of the molecule is C=CCN(CC(C)(C)CNCC(C)C)C(C)C. The van der Waals surface area contributed by atoms with Gasteiger partial charge in [-0.25, -0.2) is 0 Å². The lowest BCUT2D eigenvalue weighted by atomic mass is 9.92. The second-order valence-electron chi connectivity index (χ2n) is 6.50. The first-order valence-electron chi connectivity index (χ1n) is 6.84.